The van der Waals surface area contributed by atoms with E-state index in [4.69, 9.17) is 18.9 Å². The zero-order valence-corrected chi connectivity index (χ0v) is 17.6. The minimum Gasteiger partial charge on any atom is -0.465 e. The van der Waals surface area contributed by atoms with Gasteiger partial charge in [-0.3, -0.25) is 0 Å². The van der Waals surface area contributed by atoms with Crippen molar-refractivity contribution in [3.63, 3.8) is 0 Å². The number of hydrogen-bond donors (Lipinski definition) is 0. The van der Waals surface area contributed by atoms with Crippen LogP contribution in [0.25, 0.3) is 10.9 Å². The van der Waals surface area contributed by atoms with Gasteiger partial charge in [0.1, 0.15) is 0 Å². The van der Waals surface area contributed by atoms with E-state index in [-0.39, 0.29) is 5.97 Å². The predicted molar refractivity (Wildman–Crippen MR) is 116 cm³/mol. The van der Waals surface area contributed by atoms with Gasteiger partial charge < -0.3 is 23.5 Å². The van der Waals surface area contributed by atoms with Gasteiger partial charge in [-0.25, -0.2) is 4.79 Å². The molecule has 0 aliphatic rings. The van der Waals surface area contributed by atoms with Crippen LogP contribution in [0, 0.1) is 6.92 Å². The highest BCUT2D eigenvalue weighted by Gasteiger charge is 2.10. The molecule has 1 heterocycles. The molecule has 0 bridgehead atoms. The third-order valence-electron chi connectivity index (χ3n) is 4.84. The summed E-state index contributed by atoms with van der Waals surface area (Å²) in [6.45, 7) is 6.20. The Kier molecular flexibility index (Phi) is 8.44. The third-order valence-corrected chi connectivity index (χ3v) is 4.84. The van der Waals surface area contributed by atoms with Crippen molar-refractivity contribution in [2.45, 2.75) is 20.1 Å². The molecule has 0 spiro atoms. The molecular weight excluding hydrogens is 382 g/mol. The number of carbonyl (C=O) groups excluding carboxylic acids is 1. The van der Waals surface area contributed by atoms with Crippen molar-refractivity contribution in [2.24, 2.45) is 0 Å². The second-order valence-corrected chi connectivity index (χ2v) is 6.97. The number of esters is 1. The number of ether oxygens (including phenoxy) is 4. The summed E-state index contributed by atoms with van der Waals surface area (Å²) in [7, 11) is 1.39. The van der Waals surface area contributed by atoms with Crippen molar-refractivity contribution in [1.82, 2.24) is 4.57 Å². The molecule has 0 aliphatic carbocycles. The van der Waals surface area contributed by atoms with Gasteiger partial charge in [0.05, 0.1) is 52.3 Å². The summed E-state index contributed by atoms with van der Waals surface area (Å²) >= 11 is 0. The second-order valence-electron chi connectivity index (χ2n) is 6.97. The second kappa shape index (κ2) is 11.5. The number of aryl methyl sites for hydroxylation is 1. The fraction of sp³-hybridized carbons (Fsp3) is 0.375. The molecular formula is C24H29NO5. The monoisotopic (exact) mass is 411 g/mol. The van der Waals surface area contributed by atoms with Crippen LogP contribution < -0.4 is 0 Å². The van der Waals surface area contributed by atoms with Crippen LogP contribution in [0.15, 0.2) is 54.6 Å². The van der Waals surface area contributed by atoms with Crippen LogP contribution in [-0.4, -0.2) is 50.7 Å². The van der Waals surface area contributed by atoms with E-state index >= 15 is 0 Å². The molecule has 2 aromatic carbocycles. The Balaban J connectivity index is 1.31. The van der Waals surface area contributed by atoms with Crippen molar-refractivity contribution in [3.8, 4) is 0 Å². The van der Waals surface area contributed by atoms with Crippen LogP contribution in [0.4, 0.5) is 0 Å². The first-order chi connectivity index (χ1) is 14.7. The average molecular weight is 411 g/mol. The molecule has 0 unspecified atom stereocenters. The minimum atomic E-state index is -0.323. The van der Waals surface area contributed by atoms with Gasteiger partial charge in [-0.2, -0.15) is 0 Å². The molecule has 0 atom stereocenters. The molecule has 30 heavy (non-hydrogen) atoms. The first-order valence-corrected chi connectivity index (χ1v) is 10.1. The Hall–Kier alpha value is -2.67. The van der Waals surface area contributed by atoms with Gasteiger partial charge in [-0.05, 0) is 36.8 Å². The molecule has 0 N–H and O–H groups in total. The van der Waals surface area contributed by atoms with Crippen molar-refractivity contribution in [3.05, 3.63) is 71.4 Å². The Morgan fingerprint density at radius 3 is 2.30 bits per heavy atom. The van der Waals surface area contributed by atoms with E-state index in [1.807, 2.05) is 42.5 Å². The molecule has 0 amide bonds. The number of benzene rings is 2. The fourth-order valence-electron chi connectivity index (χ4n) is 3.31. The molecule has 3 aromatic rings. The van der Waals surface area contributed by atoms with Crippen molar-refractivity contribution >= 4 is 16.9 Å². The summed E-state index contributed by atoms with van der Waals surface area (Å²) in [6, 6.07) is 17.8. The summed E-state index contributed by atoms with van der Waals surface area (Å²) in [5.74, 6) is -0.323. The maximum absolute atomic E-state index is 11.7. The van der Waals surface area contributed by atoms with Gasteiger partial charge in [0.2, 0.25) is 0 Å². The zero-order valence-electron chi connectivity index (χ0n) is 17.6. The highest BCUT2D eigenvalue weighted by Crippen LogP contribution is 2.21. The molecule has 6 heteroatoms. The summed E-state index contributed by atoms with van der Waals surface area (Å²) in [6.07, 6.45) is 0. The average Bonchev–Trinajstić information content (AvgIpc) is 3.09. The molecule has 0 saturated carbocycles. The smallest absolute Gasteiger partial charge is 0.337 e. The summed E-state index contributed by atoms with van der Waals surface area (Å²) in [5.41, 5.74) is 3.93. The lowest BCUT2D eigenvalue weighted by Crippen LogP contribution is -2.12. The van der Waals surface area contributed by atoms with Crippen molar-refractivity contribution in [1.29, 1.82) is 0 Å². The largest absolute Gasteiger partial charge is 0.465 e. The Morgan fingerprint density at radius 2 is 1.57 bits per heavy atom. The molecule has 0 aliphatic heterocycles. The van der Waals surface area contributed by atoms with E-state index < -0.39 is 0 Å². The maximum Gasteiger partial charge on any atom is 0.337 e. The lowest BCUT2D eigenvalue weighted by molar-refractivity contribution is 0.00947. The van der Waals surface area contributed by atoms with Gasteiger partial charge in [-0.1, -0.05) is 30.3 Å². The SMILES string of the molecule is COC(=O)c1ccc2c(c1)cc(C)n2CCOCCOCCOCc1ccccc1. The fourth-order valence-corrected chi connectivity index (χ4v) is 3.31. The lowest BCUT2D eigenvalue weighted by atomic mass is 10.1. The Bertz CT molecular complexity index is 935. The van der Waals surface area contributed by atoms with E-state index in [1.54, 1.807) is 6.07 Å². The van der Waals surface area contributed by atoms with Crippen LogP contribution in [0.1, 0.15) is 21.6 Å². The molecule has 0 fully saturated rings. The van der Waals surface area contributed by atoms with Gasteiger partial charge in [0.25, 0.3) is 0 Å². The van der Waals surface area contributed by atoms with E-state index in [0.717, 1.165) is 28.7 Å². The predicted octanol–water partition coefficient (Wildman–Crippen LogP) is 3.99. The number of aromatic nitrogens is 1. The van der Waals surface area contributed by atoms with E-state index in [9.17, 15) is 4.79 Å². The van der Waals surface area contributed by atoms with Crippen LogP contribution >= 0.6 is 0 Å². The van der Waals surface area contributed by atoms with Gasteiger partial charge in [-0.15, -0.1) is 0 Å². The van der Waals surface area contributed by atoms with Gasteiger partial charge in [0, 0.05) is 23.1 Å². The van der Waals surface area contributed by atoms with Gasteiger partial charge >= 0.3 is 5.97 Å². The first kappa shape index (κ1) is 22.0. The number of carbonyl (C=O) groups is 1. The third kappa shape index (κ3) is 6.16. The zero-order chi connectivity index (χ0) is 21.2. The number of nitrogens with zero attached hydrogens (tertiary/aromatic N) is 1. The van der Waals surface area contributed by atoms with Crippen LogP contribution in [0.2, 0.25) is 0 Å². The topological polar surface area (TPSA) is 58.9 Å². The Morgan fingerprint density at radius 1 is 0.867 bits per heavy atom. The van der Waals surface area contributed by atoms with Crippen molar-refractivity contribution in [2.75, 3.05) is 40.1 Å². The van der Waals surface area contributed by atoms with Crippen molar-refractivity contribution < 1.29 is 23.7 Å². The number of hydrogen-bond acceptors (Lipinski definition) is 5. The van der Waals surface area contributed by atoms with E-state index in [2.05, 4.69) is 17.6 Å². The van der Waals surface area contributed by atoms with E-state index in [0.29, 0.717) is 45.2 Å². The standard InChI is InChI=1S/C24H29NO5/c1-19-16-22-17-21(24(26)27-2)8-9-23(22)25(19)10-11-28-12-13-29-14-15-30-18-20-6-4-3-5-7-20/h3-9,16-17H,10-15,18H2,1-2H3. The first-order valence-electron chi connectivity index (χ1n) is 10.1. The normalized spacial score (nSPS) is 11.1. The summed E-state index contributed by atoms with van der Waals surface area (Å²) in [5, 5.41) is 1.02. The maximum atomic E-state index is 11.7. The molecule has 6 nitrogen and oxygen atoms in total. The molecule has 160 valence electrons. The summed E-state index contributed by atoms with van der Waals surface area (Å²) in [4.78, 5) is 11.7. The van der Waals surface area contributed by atoms with Crippen LogP contribution in [-0.2, 0) is 32.1 Å². The lowest BCUT2D eigenvalue weighted by Gasteiger charge is -2.10. The van der Waals surface area contributed by atoms with Gasteiger partial charge in [0.15, 0.2) is 0 Å². The number of rotatable bonds is 12. The molecule has 0 saturated heterocycles. The molecule has 0 radical (unpaired) electrons. The Labute approximate surface area is 177 Å². The number of fused-ring (bicyclic) bond motifs is 1. The molecule has 3 rings (SSSR count). The number of methoxy groups -OCH3 is 1. The van der Waals surface area contributed by atoms with E-state index in [1.165, 1.54) is 7.11 Å². The quantitative estimate of drug-likeness (QED) is 0.333. The van der Waals surface area contributed by atoms with Crippen LogP contribution in [0.5, 0.6) is 0 Å². The highest BCUT2D eigenvalue weighted by atomic mass is 16.5. The molecule has 1 aromatic heterocycles. The minimum absolute atomic E-state index is 0.323. The highest BCUT2D eigenvalue weighted by molar-refractivity contribution is 5.95. The van der Waals surface area contributed by atoms with Crippen LogP contribution in [0.3, 0.4) is 0 Å². The summed E-state index contributed by atoms with van der Waals surface area (Å²) < 4.78 is 23.8.